The van der Waals surface area contributed by atoms with Gasteiger partial charge in [-0.25, -0.2) is 9.97 Å². The van der Waals surface area contributed by atoms with E-state index in [9.17, 15) is 0 Å². The Labute approximate surface area is 138 Å². The Balaban J connectivity index is 0.000000924. The normalized spacial score (nSPS) is 19.8. The van der Waals surface area contributed by atoms with Crippen molar-refractivity contribution in [3.63, 3.8) is 0 Å². The first-order chi connectivity index (χ1) is 11.2. The summed E-state index contributed by atoms with van der Waals surface area (Å²) in [5.74, 6) is 7.30. The number of nitrogens with zero attached hydrogens (tertiary/aromatic N) is 3. The van der Waals surface area contributed by atoms with Gasteiger partial charge in [0.25, 0.3) is 0 Å². The van der Waals surface area contributed by atoms with Gasteiger partial charge < -0.3 is 16.0 Å². The molecule has 124 valence electrons. The van der Waals surface area contributed by atoms with E-state index in [1.807, 2.05) is 13.8 Å². The van der Waals surface area contributed by atoms with E-state index >= 15 is 0 Å². The van der Waals surface area contributed by atoms with Gasteiger partial charge in [-0.1, -0.05) is 39.0 Å². The number of aromatic nitrogens is 3. The summed E-state index contributed by atoms with van der Waals surface area (Å²) in [4.78, 5) is 8.54. The number of nitrogens with two attached hydrogens (primary N) is 2. The fraction of sp³-hybridized carbons (Fsp3) is 0.556. The molecule has 5 nitrogen and oxygen atoms in total. The molecule has 0 aromatic carbocycles. The lowest BCUT2D eigenvalue weighted by atomic mass is 10.1. The Morgan fingerprint density at radius 1 is 1.30 bits per heavy atom. The van der Waals surface area contributed by atoms with Crippen molar-refractivity contribution in [1.82, 2.24) is 14.5 Å². The van der Waals surface area contributed by atoms with Gasteiger partial charge in [0, 0.05) is 12.2 Å². The molecule has 2 aromatic rings. The highest BCUT2D eigenvalue weighted by Crippen LogP contribution is 2.39. The molecule has 1 saturated carbocycles. The summed E-state index contributed by atoms with van der Waals surface area (Å²) in [7, 11) is 0. The predicted octanol–water partition coefficient (Wildman–Crippen LogP) is 3.10. The van der Waals surface area contributed by atoms with Gasteiger partial charge >= 0.3 is 0 Å². The van der Waals surface area contributed by atoms with Crippen LogP contribution in [0.3, 0.4) is 0 Å². The third-order valence-electron chi connectivity index (χ3n) is 4.45. The van der Waals surface area contributed by atoms with Crippen molar-refractivity contribution < 1.29 is 0 Å². The van der Waals surface area contributed by atoms with Crippen LogP contribution in [-0.2, 0) is 0 Å². The Hall–Kier alpha value is -2.06. The smallest absolute Gasteiger partial charge is 0.147 e. The topological polar surface area (TPSA) is 82.8 Å². The Bertz CT molecular complexity index is 707. The van der Waals surface area contributed by atoms with Crippen molar-refractivity contribution in [3.8, 4) is 11.8 Å². The van der Waals surface area contributed by atoms with Crippen molar-refractivity contribution in [2.45, 2.75) is 52.5 Å². The summed E-state index contributed by atoms with van der Waals surface area (Å²) in [6.45, 7) is 6.60. The van der Waals surface area contributed by atoms with Crippen LogP contribution >= 0.6 is 0 Å². The number of fused-ring (bicyclic) bond motifs is 1. The van der Waals surface area contributed by atoms with Gasteiger partial charge in [0.2, 0.25) is 0 Å². The number of nitrogen functional groups attached to an aromatic ring is 1. The maximum Gasteiger partial charge on any atom is 0.147 e. The summed E-state index contributed by atoms with van der Waals surface area (Å²) in [6, 6.07) is 0.486. The SMILES string of the molecule is CC.CCC1CCC(n2cc(C#CCN)c3c(N)ncnc32)C1. The van der Waals surface area contributed by atoms with Crippen molar-refractivity contribution >= 4 is 16.9 Å². The van der Waals surface area contributed by atoms with Gasteiger partial charge in [0.1, 0.15) is 17.8 Å². The largest absolute Gasteiger partial charge is 0.383 e. The summed E-state index contributed by atoms with van der Waals surface area (Å²) in [5.41, 5.74) is 13.3. The van der Waals surface area contributed by atoms with Crippen molar-refractivity contribution in [3.05, 3.63) is 18.1 Å². The number of anilines is 1. The minimum atomic E-state index is 0.335. The van der Waals surface area contributed by atoms with E-state index in [0.717, 1.165) is 22.5 Å². The lowest BCUT2D eigenvalue weighted by molar-refractivity contribution is 0.475. The molecule has 1 aliphatic carbocycles. The van der Waals surface area contributed by atoms with Crippen LogP contribution in [0, 0.1) is 17.8 Å². The van der Waals surface area contributed by atoms with Gasteiger partial charge in [-0.2, -0.15) is 0 Å². The second kappa shape index (κ2) is 7.98. The van der Waals surface area contributed by atoms with Crippen LogP contribution in [0.1, 0.15) is 58.1 Å². The quantitative estimate of drug-likeness (QED) is 0.835. The van der Waals surface area contributed by atoms with Gasteiger partial charge in [0.05, 0.1) is 17.5 Å². The summed E-state index contributed by atoms with van der Waals surface area (Å²) in [6.07, 6.45) is 8.52. The fourth-order valence-electron chi connectivity index (χ4n) is 3.30. The standard InChI is InChI=1S/C16H21N5.C2H6/c1-2-11-5-6-13(8-11)21-9-12(4-3-7-17)14-15(18)19-10-20-16(14)21;1-2/h9-11,13H,2,5-8,17H2,1H3,(H2,18,19,20);1-2H3. The molecular weight excluding hydrogens is 286 g/mol. The molecule has 0 amide bonds. The molecule has 5 heteroatoms. The van der Waals surface area contributed by atoms with Gasteiger partial charge in [-0.05, 0) is 25.2 Å². The lowest BCUT2D eigenvalue weighted by Crippen LogP contribution is -2.05. The lowest BCUT2D eigenvalue weighted by Gasteiger charge is -2.13. The van der Waals surface area contributed by atoms with Crippen LogP contribution in [-0.4, -0.2) is 21.1 Å². The molecular formula is C18H27N5. The van der Waals surface area contributed by atoms with Crippen LogP contribution in [0.25, 0.3) is 11.0 Å². The minimum absolute atomic E-state index is 0.335. The van der Waals surface area contributed by atoms with Gasteiger partial charge in [-0.15, -0.1) is 0 Å². The van der Waals surface area contributed by atoms with E-state index in [1.54, 1.807) is 0 Å². The maximum absolute atomic E-state index is 6.03. The van der Waals surface area contributed by atoms with Crippen LogP contribution in [0.4, 0.5) is 5.82 Å². The van der Waals surface area contributed by atoms with Crippen LogP contribution in [0.5, 0.6) is 0 Å². The highest BCUT2D eigenvalue weighted by atomic mass is 15.1. The second-order valence-corrected chi connectivity index (χ2v) is 5.65. The molecule has 0 bridgehead atoms. The highest BCUT2D eigenvalue weighted by molar-refractivity contribution is 5.92. The van der Waals surface area contributed by atoms with Gasteiger partial charge in [-0.3, -0.25) is 0 Å². The van der Waals surface area contributed by atoms with E-state index in [4.69, 9.17) is 11.5 Å². The average molecular weight is 313 g/mol. The first kappa shape index (κ1) is 17.3. The molecule has 0 aliphatic heterocycles. The first-order valence-electron chi connectivity index (χ1n) is 8.54. The minimum Gasteiger partial charge on any atom is -0.383 e. The Morgan fingerprint density at radius 2 is 2.09 bits per heavy atom. The molecule has 4 N–H and O–H groups in total. The van der Waals surface area contributed by atoms with Crippen LogP contribution in [0.2, 0.25) is 0 Å². The zero-order valence-electron chi connectivity index (χ0n) is 14.3. The molecule has 3 rings (SSSR count). The second-order valence-electron chi connectivity index (χ2n) is 5.65. The third-order valence-corrected chi connectivity index (χ3v) is 4.45. The molecule has 2 aromatic heterocycles. The van der Waals surface area contributed by atoms with E-state index in [0.29, 0.717) is 18.4 Å². The van der Waals surface area contributed by atoms with E-state index < -0.39 is 0 Å². The first-order valence-corrected chi connectivity index (χ1v) is 8.54. The van der Waals surface area contributed by atoms with Crippen molar-refractivity contribution in [2.24, 2.45) is 11.7 Å². The van der Waals surface area contributed by atoms with Gasteiger partial charge in [0.15, 0.2) is 0 Å². The predicted molar refractivity (Wildman–Crippen MR) is 95.9 cm³/mol. The summed E-state index contributed by atoms with van der Waals surface area (Å²) >= 11 is 0. The van der Waals surface area contributed by atoms with Crippen molar-refractivity contribution in [2.75, 3.05) is 12.3 Å². The molecule has 2 atom stereocenters. The zero-order valence-corrected chi connectivity index (χ0v) is 14.3. The summed E-state index contributed by atoms with van der Waals surface area (Å²) in [5, 5.41) is 0.860. The molecule has 1 aliphatic rings. The monoisotopic (exact) mass is 313 g/mol. The highest BCUT2D eigenvalue weighted by Gasteiger charge is 2.27. The van der Waals surface area contributed by atoms with E-state index in [-0.39, 0.29) is 0 Å². The third kappa shape index (κ3) is 3.48. The zero-order chi connectivity index (χ0) is 16.8. The molecule has 1 fully saturated rings. The van der Waals surface area contributed by atoms with Crippen molar-refractivity contribution in [1.29, 1.82) is 0 Å². The maximum atomic E-state index is 6.03. The van der Waals surface area contributed by atoms with E-state index in [1.165, 1.54) is 32.0 Å². The molecule has 2 unspecified atom stereocenters. The fourth-order valence-corrected chi connectivity index (χ4v) is 3.30. The molecule has 0 saturated heterocycles. The molecule has 2 heterocycles. The van der Waals surface area contributed by atoms with Crippen LogP contribution < -0.4 is 11.5 Å². The number of hydrogen-bond acceptors (Lipinski definition) is 4. The van der Waals surface area contributed by atoms with E-state index in [2.05, 4.69) is 39.5 Å². The average Bonchev–Trinajstić information content (AvgIpc) is 3.20. The summed E-state index contributed by atoms with van der Waals surface area (Å²) < 4.78 is 2.24. The molecule has 0 radical (unpaired) electrons. The Morgan fingerprint density at radius 3 is 2.74 bits per heavy atom. The number of rotatable bonds is 2. The number of hydrogen-bond donors (Lipinski definition) is 2. The Kier molecular flexibility index (Phi) is 6.00. The molecule has 0 spiro atoms. The molecule has 23 heavy (non-hydrogen) atoms. The van der Waals surface area contributed by atoms with Crippen LogP contribution in [0.15, 0.2) is 12.5 Å².